The molecule has 3 rings (SSSR count). The Labute approximate surface area is 160 Å². The van der Waals surface area contributed by atoms with Gasteiger partial charge in [0.1, 0.15) is 18.6 Å². The Bertz CT molecular complexity index is 809. The molecule has 27 heavy (non-hydrogen) atoms. The Kier molecular flexibility index (Phi) is 6.76. The number of benzene rings is 2. The van der Waals surface area contributed by atoms with Crippen molar-refractivity contribution in [3.05, 3.63) is 71.6 Å². The smallest absolute Gasteiger partial charge is 0.141 e. The quantitative estimate of drug-likeness (QED) is 0.508. The lowest BCUT2D eigenvalue weighted by Crippen LogP contribution is -2.13. The maximum absolute atomic E-state index is 13.8. The molecule has 1 saturated carbocycles. The lowest BCUT2D eigenvalue weighted by Gasteiger charge is -2.28. The fourth-order valence-corrected chi connectivity index (χ4v) is 4.03. The number of nitrogens with zero attached hydrogens (tertiary/aromatic N) is 1. The molecule has 0 aromatic heterocycles. The molecule has 0 spiro atoms. The van der Waals surface area contributed by atoms with Crippen LogP contribution < -0.4 is 0 Å². The Morgan fingerprint density at radius 3 is 2.30 bits per heavy atom. The molecule has 0 heterocycles. The molecule has 0 amide bonds. The van der Waals surface area contributed by atoms with Gasteiger partial charge in [0.2, 0.25) is 0 Å². The van der Waals surface area contributed by atoms with E-state index in [-0.39, 0.29) is 12.2 Å². The number of hydrogen-bond acceptors (Lipinski definition) is 1. The molecule has 2 aromatic carbocycles. The first-order chi connectivity index (χ1) is 13.2. The second-order valence-electron chi connectivity index (χ2n) is 7.35. The Balaban J connectivity index is 1.58. The highest BCUT2D eigenvalue weighted by Gasteiger charge is 2.21. The average Bonchev–Trinajstić information content (AvgIpc) is 2.72. The molecular weight excluding hydrogens is 340 g/mol. The minimum Gasteiger partial charge on any atom is -0.247 e. The summed E-state index contributed by atoms with van der Waals surface area (Å²) in [6.45, 7) is -0.363. The van der Waals surface area contributed by atoms with Crippen LogP contribution in [0.4, 0.5) is 8.78 Å². The molecule has 0 N–H and O–H groups in total. The Morgan fingerprint density at radius 2 is 1.67 bits per heavy atom. The van der Waals surface area contributed by atoms with Crippen LogP contribution in [0.15, 0.2) is 54.6 Å². The third kappa shape index (κ3) is 5.04. The van der Waals surface area contributed by atoms with Gasteiger partial charge in [-0.05, 0) is 79.2 Å². The van der Waals surface area contributed by atoms with Crippen LogP contribution in [0.2, 0.25) is 0 Å². The van der Waals surface area contributed by atoms with Crippen LogP contribution in [0.25, 0.3) is 11.1 Å². The second-order valence-corrected chi connectivity index (χ2v) is 7.35. The lowest BCUT2D eigenvalue weighted by molar-refractivity contribution is 0.312. The highest BCUT2D eigenvalue weighted by atomic mass is 19.1. The van der Waals surface area contributed by atoms with Gasteiger partial charge in [0.15, 0.2) is 0 Å². The van der Waals surface area contributed by atoms with Gasteiger partial charge in [-0.15, -0.1) is 0 Å². The minimum absolute atomic E-state index is 0.0762. The van der Waals surface area contributed by atoms with Crippen LogP contribution in [0.3, 0.4) is 0 Å². The molecule has 0 radical (unpaired) electrons. The van der Waals surface area contributed by atoms with Crippen LogP contribution in [0, 0.1) is 23.1 Å². The van der Waals surface area contributed by atoms with Gasteiger partial charge in [-0.2, -0.15) is 5.26 Å². The van der Waals surface area contributed by atoms with Gasteiger partial charge in [0.05, 0.1) is 5.56 Å². The first-order valence-corrected chi connectivity index (χ1v) is 9.72. The number of allylic oxidation sites excluding steroid dienone is 2. The zero-order valence-corrected chi connectivity index (χ0v) is 15.5. The standard InChI is InChI=1S/C24H25F2N/c25-15-3-1-2-4-18-5-7-19(8-6-18)20-9-11-21(12-10-20)22-13-14-23(17-27)24(26)16-22/h1,3,9-14,16,18-19H,2,4-8,15H2/t18-,19-. The van der Waals surface area contributed by atoms with Crippen molar-refractivity contribution in [3.8, 4) is 17.2 Å². The predicted molar refractivity (Wildman–Crippen MR) is 106 cm³/mol. The van der Waals surface area contributed by atoms with Gasteiger partial charge in [0.25, 0.3) is 0 Å². The molecule has 140 valence electrons. The molecular formula is C24H25F2N. The van der Waals surface area contributed by atoms with Crippen molar-refractivity contribution in [1.29, 1.82) is 5.26 Å². The molecule has 0 atom stereocenters. The van der Waals surface area contributed by atoms with Gasteiger partial charge >= 0.3 is 0 Å². The van der Waals surface area contributed by atoms with Crippen LogP contribution in [0.5, 0.6) is 0 Å². The maximum Gasteiger partial charge on any atom is 0.141 e. The maximum atomic E-state index is 13.8. The summed E-state index contributed by atoms with van der Waals surface area (Å²) >= 11 is 0. The Hall–Kier alpha value is -2.47. The van der Waals surface area contributed by atoms with E-state index in [4.69, 9.17) is 5.26 Å². The molecule has 0 saturated heterocycles. The van der Waals surface area contributed by atoms with E-state index in [1.807, 2.05) is 24.3 Å². The van der Waals surface area contributed by atoms with Gasteiger partial charge in [0, 0.05) is 0 Å². The molecule has 0 aliphatic heterocycles. The highest BCUT2D eigenvalue weighted by molar-refractivity contribution is 5.64. The van der Waals surface area contributed by atoms with E-state index in [0.29, 0.717) is 5.92 Å². The molecule has 0 bridgehead atoms. The van der Waals surface area contributed by atoms with Gasteiger partial charge in [-0.25, -0.2) is 8.78 Å². The normalized spacial score (nSPS) is 19.9. The summed E-state index contributed by atoms with van der Waals surface area (Å²) in [6.07, 6.45) is 10.6. The van der Waals surface area contributed by atoms with Crippen molar-refractivity contribution in [2.24, 2.45) is 5.92 Å². The zero-order valence-electron chi connectivity index (χ0n) is 15.5. The summed E-state index contributed by atoms with van der Waals surface area (Å²) in [7, 11) is 0. The van der Waals surface area contributed by atoms with Crippen LogP contribution in [0.1, 0.15) is 55.6 Å². The van der Waals surface area contributed by atoms with Crippen molar-refractivity contribution >= 4 is 0 Å². The largest absolute Gasteiger partial charge is 0.247 e. The van der Waals surface area contributed by atoms with Gasteiger partial charge < -0.3 is 0 Å². The Morgan fingerprint density at radius 1 is 0.963 bits per heavy atom. The van der Waals surface area contributed by atoms with Gasteiger partial charge in [-0.1, -0.05) is 42.5 Å². The number of halogens is 2. The van der Waals surface area contributed by atoms with Gasteiger partial charge in [-0.3, -0.25) is 0 Å². The monoisotopic (exact) mass is 365 g/mol. The first kappa shape index (κ1) is 19.3. The van der Waals surface area contributed by atoms with E-state index in [1.54, 1.807) is 12.1 Å². The number of alkyl halides is 1. The summed E-state index contributed by atoms with van der Waals surface area (Å²) in [6, 6.07) is 15.0. The zero-order chi connectivity index (χ0) is 19.1. The fraction of sp³-hybridized carbons (Fsp3) is 0.375. The third-order valence-corrected chi connectivity index (χ3v) is 5.65. The van der Waals surface area contributed by atoms with E-state index < -0.39 is 5.82 Å². The summed E-state index contributed by atoms with van der Waals surface area (Å²) in [5.74, 6) is 0.875. The van der Waals surface area contributed by atoms with Crippen LogP contribution in [-0.2, 0) is 0 Å². The summed E-state index contributed by atoms with van der Waals surface area (Å²) in [5.41, 5.74) is 3.19. The number of nitriles is 1. The number of rotatable bonds is 6. The lowest BCUT2D eigenvalue weighted by atomic mass is 9.77. The number of hydrogen-bond donors (Lipinski definition) is 0. The highest BCUT2D eigenvalue weighted by Crippen LogP contribution is 2.38. The van der Waals surface area contributed by atoms with Crippen molar-refractivity contribution in [2.45, 2.75) is 44.4 Å². The summed E-state index contributed by atoms with van der Waals surface area (Å²) in [4.78, 5) is 0. The summed E-state index contributed by atoms with van der Waals surface area (Å²) < 4.78 is 25.9. The SMILES string of the molecule is N#Cc1ccc(-c2ccc([C@H]3CC[C@H](CCC=CCF)CC3)cc2)cc1F. The van der Waals surface area contributed by atoms with E-state index in [1.165, 1.54) is 43.4 Å². The molecule has 1 aliphatic rings. The molecule has 2 aromatic rings. The molecule has 3 heteroatoms. The minimum atomic E-state index is -0.473. The van der Waals surface area contributed by atoms with Crippen molar-refractivity contribution in [1.82, 2.24) is 0 Å². The van der Waals surface area contributed by atoms with Crippen LogP contribution in [-0.4, -0.2) is 6.67 Å². The van der Waals surface area contributed by atoms with E-state index >= 15 is 0 Å². The van der Waals surface area contributed by atoms with E-state index in [9.17, 15) is 8.78 Å². The van der Waals surface area contributed by atoms with Crippen LogP contribution >= 0.6 is 0 Å². The second kappa shape index (κ2) is 9.46. The topological polar surface area (TPSA) is 23.8 Å². The predicted octanol–water partition coefficient (Wildman–Crippen LogP) is 6.94. The summed E-state index contributed by atoms with van der Waals surface area (Å²) in [5, 5.41) is 8.84. The third-order valence-electron chi connectivity index (χ3n) is 5.65. The van der Waals surface area contributed by atoms with Crippen molar-refractivity contribution < 1.29 is 8.78 Å². The van der Waals surface area contributed by atoms with E-state index in [2.05, 4.69) is 12.1 Å². The fourth-order valence-electron chi connectivity index (χ4n) is 4.03. The first-order valence-electron chi connectivity index (χ1n) is 9.72. The van der Waals surface area contributed by atoms with Crippen molar-refractivity contribution in [3.63, 3.8) is 0 Å². The molecule has 1 aliphatic carbocycles. The van der Waals surface area contributed by atoms with E-state index in [0.717, 1.165) is 29.9 Å². The average molecular weight is 365 g/mol. The molecule has 1 nitrogen and oxygen atoms in total. The molecule has 0 unspecified atom stereocenters. The van der Waals surface area contributed by atoms with Crippen molar-refractivity contribution in [2.75, 3.05) is 6.67 Å². The molecule has 1 fully saturated rings.